The van der Waals surface area contributed by atoms with Crippen LogP contribution < -0.4 is 10.2 Å². The monoisotopic (exact) mass is 320 g/mol. The van der Waals surface area contributed by atoms with Crippen LogP contribution in [0.1, 0.15) is 15.9 Å². The number of ether oxygens (including phenoxy) is 1. The summed E-state index contributed by atoms with van der Waals surface area (Å²) >= 11 is 0. The summed E-state index contributed by atoms with van der Waals surface area (Å²) in [7, 11) is 0. The lowest BCUT2D eigenvalue weighted by atomic mass is 10.1. The van der Waals surface area contributed by atoms with Gasteiger partial charge in [0.25, 0.3) is 5.91 Å². The Morgan fingerprint density at radius 3 is 2.58 bits per heavy atom. The Morgan fingerprint density at radius 1 is 1.04 bits per heavy atom. The normalized spacial score (nSPS) is 10.2. The van der Waals surface area contributed by atoms with E-state index < -0.39 is 5.91 Å². The van der Waals surface area contributed by atoms with Crippen LogP contribution in [0.5, 0.6) is 5.75 Å². The summed E-state index contributed by atoms with van der Waals surface area (Å²) in [6.07, 6.45) is 3.57. The summed E-state index contributed by atoms with van der Waals surface area (Å²) in [5.41, 5.74) is 5.11. The molecule has 2 N–H and O–H groups in total. The van der Waals surface area contributed by atoms with Gasteiger partial charge in [-0.25, -0.2) is 5.48 Å². The predicted molar refractivity (Wildman–Crippen MR) is 89.7 cm³/mol. The van der Waals surface area contributed by atoms with E-state index in [0.29, 0.717) is 17.9 Å². The van der Waals surface area contributed by atoms with Gasteiger partial charge >= 0.3 is 0 Å². The number of pyridine rings is 1. The van der Waals surface area contributed by atoms with Crippen molar-refractivity contribution < 1.29 is 14.7 Å². The first-order chi connectivity index (χ1) is 11.8. The quantitative estimate of drug-likeness (QED) is 0.558. The predicted octanol–water partition coefficient (Wildman–Crippen LogP) is 3.45. The van der Waals surface area contributed by atoms with Crippen molar-refractivity contribution in [2.75, 3.05) is 0 Å². The third-order valence-corrected chi connectivity index (χ3v) is 3.55. The van der Waals surface area contributed by atoms with Crippen LogP contribution in [-0.4, -0.2) is 16.1 Å². The number of aromatic nitrogens is 1. The highest BCUT2D eigenvalue weighted by atomic mass is 16.5. The van der Waals surface area contributed by atoms with Crippen molar-refractivity contribution in [3.05, 3.63) is 84.2 Å². The van der Waals surface area contributed by atoms with Crippen molar-refractivity contribution in [2.45, 2.75) is 6.61 Å². The zero-order valence-electron chi connectivity index (χ0n) is 12.8. The van der Waals surface area contributed by atoms with Crippen molar-refractivity contribution in [2.24, 2.45) is 0 Å². The molecule has 3 rings (SSSR count). The highest BCUT2D eigenvalue weighted by Crippen LogP contribution is 2.20. The number of carbonyl (C=O) groups is 1. The standard InChI is InChI=1S/C19H16N2O3/c22-19(21-23)16-3-1-5-18(11-16)24-13-14-6-8-15(9-7-14)17-4-2-10-20-12-17/h1-12,23H,13H2,(H,21,22). The molecule has 0 spiro atoms. The molecule has 0 unspecified atom stereocenters. The van der Waals surface area contributed by atoms with E-state index in [1.165, 1.54) is 0 Å². The van der Waals surface area contributed by atoms with Gasteiger partial charge in [-0.05, 0) is 41.0 Å². The summed E-state index contributed by atoms with van der Waals surface area (Å²) in [6, 6.07) is 18.6. The van der Waals surface area contributed by atoms with E-state index in [2.05, 4.69) is 4.98 Å². The van der Waals surface area contributed by atoms with Gasteiger partial charge in [0, 0.05) is 18.0 Å². The number of benzene rings is 2. The first kappa shape index (κ1) is 15.7. The molecule has 0 saturated carbocycles. The van der Waals surface area contributed by atoms with Crippen molar-refractivity contribution in [1.82, 2.24) is 10.5 Å². The fourth-order valence-electron chi connectivity index (χ4n) is 2.29. The van der Waals surface area contributed by atoms with Crippen molar-refractivity contribution >= 4 is 5.91 Å². The lowest BCUT2D eigenvalue weighted by molar-refractivity contribution is 0.0706. The van der Waals surface area contributed by atoms with Gasteiger partial charge < -0.3 is 4.74 Å². The average Bonchev–Trinajstić information content (AvgIpc) is 2.67. The molecule has 0 fully saturated rings. The Morgan fingerprint density at radius 2 is 1.88 bits per heavy atom. The maximum atomic E-state index is 11.4. The van der Waals surface area contributed by atoms with Gasteiger partial charge in [-0.2, -0.15) is 0 Å². The molecule has 0 bridgehead atoms. The number of rotatable bonds is 5. The Labute approximate surface area is 139 Å². The first-order valence-corrected chi connectivity index (χ1v) is 7.43. The fraction of sp³-hybridized carbons (Fsp3) is 0.0526. The third-order valence-electron chi connectivity index (χ3n) is 3.55. The molecule has 0 aliphatic heterocycles. The zero-order chi connectivity index (χ0) is 16.8. The minimum Gasteiger partial charge on any atom is -0.489 e. The summed E-state index contributed by atoms with van der Waals surface area (Å²) in [5.74, 6) is -0.00582. The average molecular weight is 320 g/mol. The number of hydrogen-bond acceptors (Lipinski definition) is 4. The number of nitrogens with zero attached hydrogens (tertiary/aromatic N) is 1. The van der Waals surface area contributed by atoms with Crippen molar-refractivity contribution in [3.8, 4) is 16.9 Å². The van der Waals surface area contributed by atoms with Crippen LogP contribution in [-0.2, 0) is 6.61 Å². The molecular formula is C19H16N2O3. The topological polar surface area (TPSA) is 71.5 Å². The Hall–Kier alpha value is -3.18. The van der Waals surface area contributed by atoms with Gasteiger partial charge in [0.2, 0.25) is 0 Å². The second-order valence-electron chi connectivity index (χ2n) is 5.20. The van der Waals surface area contributed by atoms with Gasteiger partial charge in [0.05, 0.1) is 0 Å². The molecule has 0 aliphatic rings. The summed E-state index contributed by atoms with van der Waals surface area (Å²) < 4.78 is 5.70. The van der Waals surface area contributed by atoms with E-state index >= 15 is 0 Å². The maximum Gasteiger partial charge on any atom is 0.274 e. The van der Waals surface area contributed by atoms with Gasteiger partial charge in [-0.3, -0.25) is 15.0 Å². The van der Waals surface area contributed by atoms with Gasteiger partial charge in [-0.15, -0.1) is 0 Å². The molecule has 5 heteroatoms. The van der Waals surface area contributed by atoms with E-state index in [0.717, 1.165) is 16.7 Å². The lowest BCUT2D eigenvalue weighted by Crippen LogP contribution is -2.18. The second kappa shape index (κ2) is 7.39. The van der Waals surface area contributed by atoms with Crippen LogP contribution in [0.15, 0.2) is 73.1 Å². The van der Waals surface area contributed by atoms with Crippen LogP contribution in [0, 0.1) is 0 Å². The molecule has 1 aromatic heterocycles. The molecule has 1 heterocycles. The summed E-state index contributed by atoms with van der Waals surface area (Å²) in [5, 5.41) is 8.66. The lowest BCUT2D eigenvalue weighted by Gasteiger charge is -2.08. The molecule has 24 heavy (non-hydrogen) atoms. The molecule has 0 aliphatic carbocycles. The first-order valence-electron chi connectivity index (χ1n) is 7.43. The number of amides is 1. The zero-order valence-corrected chi connectivity index (χ0v) is 12.8. The Kier molecular flexibility index (Phi) is 4.84. The van der Waals surface area contributed by atoms with Crippen LogP contribution in [0.2, 0.25) is 0 Å². The Balaban J connectivity index is 1.66. The minimum atomic E-state index is -0.568. The SMILES string of the molecule is O=C(NO)c1cccc(OCc2ccc(-c3cccnc3)cc2)c1. The molecule has 1 amide bonds. The third kappa shape index (κ3) is 3.77. The van der Waals surface area contributed by atoms with Gasteiger partial charge in [-0.1, -0.05) is 36.4 Å². The van der Waals surface area contributed by atoms with E-state index in [1.54, 1.807) is 35.9 Å². The summed E-state index contributed by atoms with van der Waals surface area (Å²) in [4.78, 5) is 15.5. The highest BCUT2D eigenvalue weighted by Gasteiger charge is 2.05. The molecule has 120 valence electrons. The van der Waals surface area contributed by atoms with E-state index in [1.807, 2.05) is 42.6 Å². The van der Waals surface area contributed by atoms with Crippen LogP contribution in [0.4, 0.5) is 0 Å². The number of hydrogen-bond donors (Lipinski definition) is 2. The van der Waals surface area contributed by atoms with Gasteiger partial charge in [0.1, 0.15) is 12.4 Å². The van der Waals surface area contributed by atoms with E-state index in [4.69, 9.17) is 9.94 Å². The van der Waals surface area contributed by atoms with Crippen LogP contribution >= 0.6 is 0 Å². The van der Waals surface area contributed by atoms with Gasteiger partial charge in [0.15, 0.2) is 0 Å². The van der Waals surface area contributed by atoms with Crippen molar-refractivity contribution in [3.63, 3.8) is 0 Å². The van der Waals surface area contributed by atoms with E-state index in [9.17, 15) is 4.79 Å². The smallest absolute Gasteiger partial charge is 0.274 e. The number of nitrogens with one attached hydrogen (secondary N) is 1. The van der Waals surface area contributed by atoms with E-state index in [-0.39, 0.29) is 0 Å². The van der Waals surface area contributed by atoms with Crippen LogP contribution in [0.25, 0.3) is 11.1 Å². The highest BCUT2D eigenvalue weighted by molar-refractivity contribution is 5.93. The maximum absolute atomic E-state index is 11.4. The second-order valence-corrected chi connectivity index (χ2v) is 5.20. The summed E-state index contributed by atoms with van der Waals surface area (Å²) in [6.45, 7) is 0.386. The molecular weight excluding hydrogens is 304 g/mol. The number of hydroxylamine groups is 1. The largest absolute Gasteiger partial charge is 0.489 e. The minimum absolute atomic E-state index is 0.335. The molecule has 0 saturated heterocycles. The molecule has 0 radical (unpaired) electrons. The Bertz CT molecular complexity index is 818. The van der Waals surface area contributed by atoms with Crippen molar-refractivity contribution in [1.29, 1.82) is 0 Å². The van der Waals surface area contributed by atoms with Crippen LogP contribution in [0.3, 0.4) is 0 Å². The molecule has 3 aromatic rings. The number of carbonyl (C=O) groups excluding carboxylic acids is 1. The molecule has 2 aromatic carbocycles. The molecule has 5 nitrogen and oxygen atoms in total. The fourth-order valence-corrected chi connectivity index (χ4v) is 2.29. The molecule has 0 atom stereocenters.